The van der Waals surface area contributed by atoms with Crippen LogP contribution < -0.4 is 9.58 Å². The van der Waals surface area contributed by atoms with Crippen LogP contribution in [0.15, 0.2) is 48.8 Å². The molecule has 1 N–H and O–H groups in total. The molecule has 0 bridgehead atoms. The topological polar surface area (TPSA) is 67.0 Å². The highest BCUT2D eigenvalue weighted by Gasteiger charge is 2.48. The van der Waals surface area contributed by atoms with Crippen LogP contribution in [0, 0.1) is 10.5 Å². The Hall–Kier alpha value is -2.50. The predicted molar refractivity (Wildman–Crippen MR) is 148 cm³/mol. The monoisotopic (exact) mass is 600 g/mol. The Morgan fingerprint density at radius 2 is 1.91 bits per heavy atom. The molecule has 3 heterocycles. The van der Waals surface area contributed by atoms with E-state index in [9.17, 15) is 4.79 Å². The number of carbonyl (C=O) groups is 1. The lowest BCUT2D eigenvalue weighted by Gasteiger charge is -2.25. The minimum atomic E-state index is -1.14. The minimum Gasteiger partial charge on any atom is -0.361 e. The van der Waals surface area contributed by atoms with Crippen molar-refractivity contribution in [3.05, 3.63) is 74.9 Å². The molecule has 35 heavy (non-hydrogen) atoms. The smallest absolute Gasteiger partial charge is 0.326 e. The molecule has 2 aromatic carbocycles. The zero-order chi connectivity index (χ0) is 24.9. The summed E-state index contributed by atoms with van der Waals surface area (Å²) in [6, 6.07) is 15.4. The van der Waals surface area contributed by atoms with Gasteiger partial charge in [-0.15, -0.1) is 4.68 Å². The van der Waals surface area contributed by atoms with E-state index >= 15 is 0 Å². The first-order valence-electron chi connectivity index (χ1n) is 11.8. The maximum Gasteiger partial charge on any atom is 0.326 e. The SMILES string of the molecule is Cc1[nH][n+](C)c2c1C(c1ccc(I)cc1)N(c1ccc3ncn(COCC[Si](C)(C)C)c3c1)C2=O. The second kappa shape index (κ2) is 9.18. The fourth-order valence-electron chi connectivity index (χ4n) is 4.75. The number of aromatic amines is 1. The molecule has 7 nitrogen and oxygen atoms in total. The van der Waals surface area contributed by atoms with Gasteiger partial charge in [-0.3, -0.25) is 9.69 Å². The van der Waals surface area contributed by atoms with Gasteiger partial charge in [0.05, 0.1) is 34.7 Å². The molecule has 182 valence electrons. The van der Waals surface area contributed by atoms with Crippen molar-refractivity contribution in [1.29, 1.82) is 0 Å². The van der Waals surface area contributed by atoms with Gasteiger partial charge in [-0.2, -0.15) is 5.10 Å². The Balaban J connectivity index is 1.52. The van der Waals surface area contributed by atoms with Crippen LogP contribution in [-0.2, 0) is 18.5 Å². The highest BCUT2D eigenvalue weighted by molar-refractivity contribution is 14.1. The Kier molecular flexibility index (Phi) is 6.35. The number of nitrogens with one attached hydrogen (secondary N) is 1. The molecule has 1 atom stereocenters. The molecular formula is C26H31IN5O2Si+. The number of fused-ring (bicyclic) bond motifs is 2. The lowest BCUT2D eigenvalue weighted by atomic mass is 9.99. The Morgan fingerprint density at radius 1 is 1.17 bits per heavy atom. The van der Waals surface area contributed by atoms with Crippen molar-refractivity contribution in [1.82, 2.24) is 14.6 Å². The predicted octanol–water partition coefficient (Wildman–Crippen LogP) is 5.16. The van der Waals surface area contributed by atoms with Gasteiger partial charge < -0.3 is 9.30 Å². The number of imidazole rings is 1. The van der Waals surface area contributed by atoms with E-state index in [1.165, 1.54) is 3.57 Å². The number of hydrogen-bond donors (Lipinski definition) is 1. The molecule has 0 fully saturated rings. The van der Waals surface area contributed by atoms with Crippen molar-refractivity contribution in [2.75, 3.05) is 11.5 Å². The van der Waals surface area contributed by atoms with E-state index in [1.807, 2.05) is 46.6 Å². The number of hydrogen-bond acceptors (Lipinski definition) is 3. The molecule has 0 aliphatic carbocycles. The van der Waals surface area contributed by atoms with E-state index in [2.05, 4.69) is 82.6 Å². The van der Waals surface area contributed by atoms with Gasteiger partial charge in [0.25, 0.3) is 0 Å². The third-order valence-corrected chi connectivity index (χ3v) is 9.00. The Labute approximate surface area is 220 Å². The third-order valence-electron chi connectivity index (χ3n) is 6.58. The highest BCUT2D eigenvalue weighted by atomic mass is 127. The van der Waals surface area contributed by atoms with Gasteiger partial charge in [0.1, 0.15) is 6.73 Å². The average molecular weight is 601 g/mol. The van der Waals surface area contributed by atoms with Gasteiger partial charge in [-0.25, -0.2) is 4.98 Å². The van der Waals surface area contributed by atoms with E-state index in [-0.39, 0.29) is 11.9 Å². The number of amides is 1. The molecule has 1 aliphatic rings. The van der Waals surface area contributed by atoms with Crippen LogP contribution >= 0.6 is 22.6 Å². The van der Waals surface area contributed by atoms with Crippen molar-refractivity contribution in [3.63, 3.8) is 0 Å². The lowest BCUT2D eigenvalue weighted by Crippen LogP contribution is -2.40. The Morgan fingerprint density at radius 3 is 2.63 bits per heavy atom. The van der Waals surface area contributed by atoms with E-state index in [1.54, 1.807) is 0 Å². The summed E-state index contributed by atoms with van der Waals surface area (Å²) >= 11 is 2.31. The Bertz CT molecular complexity index is 1400. The minimum absolute atomic E-state index is 0.00722. The molecular weight excluding hydrogens is 569 g/mol. The van der Waals surface area contributed by atoms with Crippen molar-refractivity contribution in [2.24, 2.45) is 7.05 Å². The fraction of sp³-hybridized carbons (Fsp3) is 0.346. The number of halogens is 1. The summed E-state index contributed by atoms with van der Waals surface area (Å²) in [5.74, 6) is -0.00722. The van der Waals surface area contributed by atoms with E-state index in [0.717, 1.165) is 46.2 Å². The summed E-state index contributed by atoms with van der Waals surface area (Å²) in [5.41, 5.74) is 6.53. The van der Waals surface area contributed by atoms with Crippen LogP contribution in [0.2, 0.25) is 25.7 Å². The molecule has 0 saturated heterocycles. The van der Waals surface area contributed by atoms with Gasteiger partial charge in [-0.1, -0.05) is 31.8 Å². The molecule has 1 aliphatic heterocycles. The largest absolute Gasteiger partial charge is 0.361 e. The first-order valence-corrected chi connectivity index (χ1v) is 16.6. The van der Waals surface area contributed by atoms with Crippen LogP contribution in [-0.4, -0.2) is 35.2 Å². The number of rotatable bonds is 7. The normalized spacial score (nSPS) is 15.9. The number of aromatic nitrogens is 4. The first kappa shape index (κ1) is 24.2. The van der Waals surface area contributed by atoms with Crippen molar-refractivity contribution in [2.45, 2.75) is 45.4 Å². The second-order valence-electron chi connectivity index (χ2n) is 10.4. The van der Waals surface area contributed by atoms with Gasteiger partial charge in [0, 0.05) is 23.9 Å². The van der Waals surface area contributed by atoms with Gasteiger partial charge >= 0.3 is 11.6 Å². The molecule has 5 rings (SSSR count). The summed E-state index contributed by atoms with van der Waals surface area (Å²) in [6.07, 6.45) is 1.82. The zero-order valence-electron chi connectivity index (χ0n) is 20.8. The van der Waals surface area contributed by atoms with Gasteiger partial charge in [-0.05, 0) is 71.5 Å². The van der Waals surface area contributed by atoms with Crippen molar-refractivity contribution in [3.8, 4) is 0 Å². The zero-order valence-corrected chi connectivity index (χ0v) is 24.0. The summed E-state index contributed by atoms with van der Waals surface area (Å²) in [5, 5.41) is 3.31. The summed E-state index contributed by atoms with van der Waals surface area (Å²) < 4.78 is 11.0. The molecule has 0 spiro atoms. The number of H-pyrrole nitrogens is 1. The number of nitrogens with zero attached hydrogens (tertiary/aromatic N) is 4. The number of aryl methyl sites for hydroxylation is 2. The van der Waals surface area contributed by atoms with Crippen LogP contribution in [0.1, 0.15) is 33.4 Å². The van der Waals surface area contributed by atoms with E-state index < -0.39 is 8.07 Å². The van der Waals surface area contributed by atoms with Gasteiger partial charge in [0.15, 0.2) is 7.05 Å². The maximum atomic E-state index is 13.8. The van der Waals surface area contributed by atoms with Crippen molar-refractivity contribution >= 4 is 53.3 Å². The number of carbonyl (C=O) groups excluding carboxylic acids is 1. The van der Waals surface area contributed by atoms with Crippen LogP contribution in [0.25, 0.3) is 11.0 Å². The summed E-state index contributed by atoms with van der Waals surface area (Å²) in [6.45, 7) is 10.3. The first-order chi connectivity index (χ1) is 16.6. The van der Waals surface area contributed by atoms with Gasteiger partial charge in [0.2, 0.25) is 0 Å². The number of ether oxygens (including phenoxy) is 1. The second-order valence-corrected chi connectivity index (χ2v) is 17.3. The lowest BCUT2D eigenvalue weighted by molar-refractivity contribution is -0.728. The van der Waals surface area contributed by atoms with E-state index in [0.29, 0.717) is 12.4 Å². The number of anilines is 1. The highest BCUT2D eigenvalue weighted by Crippen LogP contribution is 2.42. The van der Waals surface area contributed by atoms with Crippen molar-refractivity contribution < 1.29 is 14.2 Å². The maximum absolute atomic E-state index is 13.8. The summed E-state index contributed by atoms with van der Waals surface area (Å²) in [4.78, 5) is 20.3. The average Bonchev–Trinajstić information content (AvgIpc) is 3.43. The number of benzene rings is 2. The van der Waals surface area contributed by atoms with E-state index in [4.69, 9.17) is 4.74 Å². The third kappa shape index (κ3) is 4.56. The molecule has 9 heteroatoms. The molecule has 0 radical (unpaired) electrons. The molecule has 2 aromatic heterocycles. The quantitative estimate of drug-likeness (QED) is 0.138. The fourth-order valence-corrected chi connectivity index (χ4v) is 5.86. The standard InChI is InChI=1S/C26H30IN5O2Si/c1-17-23-24(18-6-8-19(27)9-7-18)32(26(33)25(23)30(2)29-17)20-10-11-21-22(14-20)31(15-28-21)16-34-12-13-35(3,4)5/h6-11,14-15,24H,12-13,16H2,1-5H3/p+1. The van der Waals surface area contributed by atoms with Crippen LogP contribution in [0.5, 0.6) is 0 Å². The van der Waals surface area contributed by atoms with Crippen LogP contribution in [0.3, 0.4) is 0 Å². The molecule has 1 amide bonds. The molecule has 1 unspecified atom stereocenters. The summed E-state index contributed by atoms with van der Waals surface area (Å²) in [7, 11) is 0.753. The molecule has 4 aromatic rings. The van der Waals surface area contributed by atoms with Crippen LogP contribution in [0.4, 0.5) is 5.69 Å². The molecule has 0 saturated carbocycles.